The van der Waals surface area contributed by atoms with Gasteiger partial charge >= 0.3 is 0 Å². The van der Waals surface area contributed by atoms with Gasteiger partial charge in [0.15, 0.2) is 0 Å². The molecular weight excluding hydrogens is 304 g/mol. The number of nitrogens with one attached hydrogen (secondary N) is 2. The Hall–Kier alpha value is -2.25. The molecule has 0 spiro atoms. The number of aliphatic imine (C=N–C) groups is 1. The monoisotopic (exact) mass is 328 g/mol. The van der Waals surface area contributed by atoms with Crippen LogP contribution >= 0.6 is 0 Å². The highest BCUT2D eigenvalue weighted by atomic mass is 16.5. The summed E-state index contributed by atoms with van der Waals surface area (Å²) in [7, 11) is 1.72. The fourth-order valence-corrected chi connectivity index (χ4v) is 2.74. The number of fused-ring (bicyclic) bond motifs is 1. The summed E-state index contributed by atoms with van der Waals surface area (Å²) < 4.78 is 5.08. The lowest BCUT2D eigenvalue weighted by atomic mass is 10.1. The Morgan fingerprint density at radius 3 is 2.92 bits per heavy atom. The number of hydrogen-bond acceptors (Lipinski definition) is 7. The van der Waals surface area contributed by atoms with Crippen LogP contribution in [0.3, 0.4) is 0 Å². The van der Waals surface area contributed by atoms with E-state index in [9.17, 15) is 0 Å². The van der Waals surface area contributed by atoms with Gasteiger partial charge in [0.05, 0.1) is 24.5 Å². The number of nitrogens with zero attached hydrogens (tertiary/aromatic N) is 4. The zero-order valence-corrected chi connectivity index (χ0v) is 14.5. The van der Waals surface area contributed by atoms with Crippen LogP contribution in [0.2, 0.25) is 0 Å². The average molecular weight is 328 g/mol. The number of para-hydroxylation sites is 1. The molecule has 0 saturated carbocycles. The third-order valence-electron chi connectivity index (χ3n) is 4.07. The van der Waals surface area contributed by atoms with E-state index >= 15 is 0 Å². The third kappa shape index (κ3) is 3.80. The third-order valence-corrected chi connectivity index (χ3v) is 4.07. The highest BCUT2D eigenvalue weighted by Crippen LogP contribution is 2.20. The molecule has 128 valence electrons. The van der Waals surface area contributed by atoms with Gasteiger partial charge in [0.25, 0.3) is 0 Å². The van der Waals surface area contributed by atoms with Crippen LogP contribution in [-0.2, 0) is 4.74 Å². The van der Waals surface area contributed by atoms with Crippen molar-refractivity contribution < 1.29 is 4.74 Å². The second-order valence-corrected chi connectivity index (χ2v) is 5.95. The molecule has 2 aromatic rings. The highest BCUT2D eigenvalue weighted by molar-refractivity contribution is 5.93. The molecule has 24 heavy (non-hydrogen) atoms. The van der Waals surface area contributed by atoms with Crippen molar-refractivity contribution in [3.63, 3.8) is 0 Å². The number of rotatable bonds is 5. The molecule has 0 aliphatic carbocycles. The number of methoxy groups -OCH3 is 1. The first kappa shape index (κ1) is 16.6. The van der Waals surface area contributed by atoms with Crippen LogP contribution in [0.4, 0.5) is 5.95 Å². The molecule has 0 saturated heterocycles. The second-order valence-electron chi connectivity index (χ2n) is 5.95. The maximum Gasteiger partial charge on any atom is 0.230 e. The largest absolute Gasteiger partial charge is 0.385 e. The molecule has 7 nitrogen and oxygen atoms in total. The van der Waals surface area contributed by atoms with Crippen LogP contribution in [0.15, 0.2) is 23.2 Å². The van der Waals surface area contributed by atoms with Crippen molar-refractivity contribution in [2.24, 2.45) is 4.99 Å². The summed E-state index contributed by atoms with van der Waals surface area (Å²) >= 11 is 0. The SMILES string of the molecule is COCCCN1CN=C(Nc2nc(C)c3cccc(C)c3n2)NC1. The van der Waals surface area contributed by atoms with Gasteiger partial charge in [0, 0.05) is 25.6 Å². The van der Waals surface area contributed by atoms with Gasteiger partial charge < -0.3 is 10.1 Å². The number of aryl methyl sites for hydroxylation is 2. The molecule has 2 N–H and O–H groups in total. The van der Waals surface area contributed by atoms with E-state index in [4.69, 9.17) is 4.74 Å². The van der Waals surface area contributed by atoms with E-state index in [2.05, 4.69) is 49.6 Å². The Balaban J connectivity index is 1.68. The number of guanidine groups is 1. The number of ether oxygens (including phenoxy) is 1. The Kier molecular flexibility index (Phi) is 5.22. The van der Waals surface area contributed by atoms with Gasteiger partial charge in [0.1, 0.15) is 0 Å². The van der Waals surface area contributed by atoms with Gasteiger partial charge in [-0.15, -0.1) is 0 Å². The van der Waals surface area contributed by atoms with E-state index in [-0.39, 0.29) is 0 Å². The van der Waals surface area contributed by atoms with Gasteiger partial charge in [0.2, 0.25) is 11.9 Å². The number of aromatic nitrogens is 2. The topological polar surface area (TPSA) is 74.7 Å². The normalized spacial score (nSPS) is 15.2. The molecule has 7 heteroatoms. The van der Waals surface area contributed by atoms with Crippen molar-refractivity contribution in [2.75, 3.05) is 38.9 Å². The first-order valence-electron chi connectivity index (χ1n) is 8.18. The van der Waals surface area contributed by atoms with E-state index in [1.54, 1.807) is 7.11 Å². The molecule has 1 aromatic carbocycles. The zero-order valence-electron chi connectivity index (χ0n) is 14.5. The van der Waals surface area contributed by atoms with E-state index < -0.39 is 0 Å². The lowest BCUT2D eigenvalue weighted by Gasteiger charge is -2.26. The van der Waals surface area contributed by atoms with Gasteiger partial charge in [-0.2, -0.15) is 0 Å². The van der Waals surface area contributed by atoms with Gasteiger partial charge in [-0.25, -0.2) is 15.0 Å². The molecule has 1 aliphatic heterocycles. The van der Waals surface area contributed by atoms with Crippen LogP contribution in [0, 0.1) is 13.8 Å². The van der Waals surface area contributed by atoms with E-state index in [0.29, 0.717) is 18.6 Å². The van der Waals surface area contributed by atoms with Crippen molar-refractivity contribution >= 4 is 22.8 Å². The van der Waals surface area contributed by atoms with Crippen LogP contribution < -0.4 is 10.6 Å². The van der Waals surface area contributed by atoms with E-state index in [0.717, 1.165) is 48.4 Å². The number of anilines is 1. The van der Waals surface area contributed by atoms with Gasteiger partial charge in [-0.1, -0.05) is 18.2 Å². The van der Waals surface area contributed by atoms with Crippen LogP contribution in [0.1, 0.15) is 17.7 Å². The van der Waals surface area contributed by atoms with Crippen molar-refractivity contribution in [1.29, 1.82) is 0 Å². The van der Waals surface area contributed by atoms with Crippen molar-refractivity contribution in [2.45, 2.75) is 20.3 Å². The molecule has 0 atom stereocenters. The molecule has 0 radical (unpaired) electrons. The van der Waals surface area contributed by atoms with Crippen LogP contribution in [0.5, 0.6) is 0 Å². The summed E-state index contributed by atoms with van der Waals surface area (Å²) in [6, 6.07) is 6.15. The molecule has 1 aromatic heterocycles. The van der Waals surface area contributed by atoms with Crippen molar-refractivity contribution in [1.82, 2.24) is 20.2 Å². The lowest BCUT2D eigenvalue weighted by Crippen LogP contribution is -2.46. The minimum absolute atomic E-state index is 0.577. The maximum absolute atomic E-state index is 5.08. The zero-order chi connectivity index (χ0) is 16.9. The van der Waals surface area contributed by atoms with Crippen molar-refractivity contribution in [3.05, 3.63) is 29.5 Å². The smallest absolute Gasteiger partial charge is 0.230 e. The summed E-state index contributed by atoms with van der Waals surface area (Å²) in [5.41, 5.74) is 3.08. The second kappa shape index (κ2) is 7.55. The van der Waals surface area contributed by atoms with Crippen molar-refractivity contribution in [3.8, 4) is 0 Å². The van der Waals surface area contributed by atoms with E-state index in [1.807, 2.05) is 13.0 Å². The fraction of sp³-hybridized carbons (Fsp3) is 0.471. The summed E-state index contributed by atoms with van der Waals surface area (Å²) in [6.07, 6.45) is 1.00. The predicted molar refractivity (Wildman–Crippen MR) is 96.1 cm³/mol. The van der Waals surface area contributed by atoms with Gasteiger partial charge in [-0.05, 0) is 25.8 Å². The molecule has 2 heterocycles. The maximum atomic E-state index is 5.08. The predicted octanol–water partition coefficient (Wildman–Crippen LogP) is 1.87. The highest BCUT2D eigenvalue weighted by Gasteiger charge is 2.13. The molecular formula is C17H24N6O. The summed E-state index contributed by atoms with van der Waals surface area (Å²) in [5.74, 6) is 1.29. The molecule has 0 bridgehead atoms. The molecule has 0 fully saturated rings. The first-order valence-corrected chi connectivity index (χ1v) is 8.18. The minimum atomic E-state index is 0.577. The molecule has 3 rings (SSSR count). The first-order chi connectivity index (χ1) is 11.7. The Morgan fingerprint density at radius 2 is 2.17 bits per heavy atom. The van der Waals surface area contributed by atoms with Crippen LogP contribution in [-0.4, -0.2) is 54.4 Å². The fourth-order valence-electron chi connectivity index (χ4n) is 2.74. The van der Waals surface area contributed by atoms with E-state index in [1.165, 1.54) is 0 Å². The van der Waals surface area contributed by atoms with Gasteiger partial charge in [-0.3, -0.25) is 10.2 Å². The molecule has 0 unspecified atom stereocenters. The average Bonchev–Trinajstić information content (AvgIpc) is 2.58. The minimum Gasteiger partial charge on any atom is -0.385 e. The summed E-state index contributed by atoms with van der Waals surface area (Å²) in [6.45, 7) is 7.21. The standard InChI is InChI=1S/C17H24N6O/c1-12-6-4-7-14-13(2)20-17(21-15(12)14)22-16-18-10-23(11-19-16)8-5-9-24-3/h4,6-7H,5,8-11H2,1-3H3,(H2,18,19,20,21,22). The Morgan fingerprint density at radius 1 is 1.29 bits per heavy atom. The number of benzene rings is 1. The molecule has 0 amide bonds. The van der Waals surface area contributed by atoms with Crippen LogP contribution in [0.25, 0.3) is 10.9 Å². The lowest BCUT2D eigenvalue weighted by molar-refractivity contribution is 0.170. The number of hydrogen-bond donors (Lipinski definition) is 2. The Bertz CT molecular complexity index is 745. The molecule has 1 aliphatic rings. The summed E-state index contributed by atoms with van der Waals surface area (Å²) in [4.78, 5) is 15.9. The quantitative estimate of drug-likeness (QED) is 0.816. The summed E-state index contributed by atoms with van der Waals surface area (Å²) in [5, 5.41) is 7.55. The Labute approximate surface area is 142 Å².